The van der Waals surface area contributed by atoms with Gasteiger partial charge in [0.25, 0.3) is 0 Å². The summed E-state index contributed by atoms with van der Waals surface area (Å²) in [6.07, 6.45) is -4.53. The van der Waals surface area contributed by atoms with Crippen LogP contribution >= 0.6 is 0 Å². The topological polar surface area (TPSA) is 69.8 Å². The van der Waals surface area contributed by atoms with Gasteiger partial charge in [-0.05, 0) is 0 Å². The molecular weight excluding hydrogens is 267 g/mol. The Morgan fingerprint density at radius 3 is 2.84 bits per heavy atom. The fraction of sp³-hybridized carbons (Fsp3) is 0.400. The lowest BCUT2D eigenvalue weighted by Gasteiger charge is -2.15. The van der Waals surface area contributed by atoms with E-state index in [2.05, 4.69) is 16.3 Å². The number of carbonyl (C=O) groups is 1. The highest BCUT2D eigenvalue weighted by molar-refractivity contribution is 5.93. The number of urea groups is 1. The van der Waals surface area contributed by atoms with Crippen molar-refractivity contribution in [3.05, 3.63) is 24.5 Å². The van der Waals surface area contributed by atoms with Crippen LogP contribution in [0.5, 0.6) is 0 Å². The van der Waals surface area contributed by atoms with Crippen molar-refractivity contribution in [2.45, 2.75) is 12.4 Å². The summed E-state index contributed by atoms with van der Waals surface area (Å²) in [5.41, 5.74) is 0. The first-order chi connectivity index (χ1) is 8.84. The highest BCUT2D eigenvalue weighted by Crippen LogP contribution is 2.33. The van der Waals surface area contributed by atoms with Gasteiger partial charge in [0.05, 0.1) is 6.54 Å². The molecule has 1 aromatic rings. The quantitative estimate of drug-likeness (QED) is 0.849. The van der Waals surface area contributed by atoms with Gasteiger partial charge in [-0.25, -0.2) is 9.69 Å². The van der Waals surface area contributed by atoms with Crippen molar-refractivity contribution in [1.82, 2.24) is 10.1 Å². The van der Waals surface area contributed by atoms with Crippen molar-refractivity contribution < 1.29 is 27.6 Å². The van der Waals surface area contributed by atoms with Crippen LogP contribution in [0.25, 0.3) is 0 Å². The minimum atomic E-state index is -4.69. The van der Waals surface area contributed by atoms with Crippen LogP contribution in [-0.2, 0) is 6.18 Å². The van der Waals surface area contributed by atoms with Crippen LogP contribution < -0.4 is 4.90 Å². The van der Waals surface area contributed by atoms with E-state index in [9.17, 15) is 23.1 Å². The van der Waals surface area contributed by atoms with Crippen LogP contribution in [0.3, 0.4) is 0 Å². The Hall–Kier alpha value is -2.03. The molecule has 1 fully saturated rings. The number of carbonyl (C=O) groups excluding carboxylic acids is 1. The number of hydrogen-bond donors (Lipinski definition) is 1. The molecule has 2 amide bonds. The van der Waals surface area contributed by atoms with Crippen molar-refractivity contribution in [2.75, 3.05) is 18.0 Å². The standard InChI is InChI=1S/C10H10F3N3O3/c1-2-3-15-5-8(17)16(9(15)18)7-4-6(19-14-7)10(11,12)13/h2,4,8,17H,1,3,5H2. The first-order valence-electron chi connectivity index (χ1n) is 5.25. The van der Waals surface area contributed by atoms with E-state index in [0.29, 0.717) is 6.07 Å². The van der Waals surface area contributed by atoms with Crippen LogP contribution in [-0.4, -0.2) is 40.5 Å². The van der Waals surface area contributed by atoms with Gasteiger partial charge in [-0.3, -0.25) is 0 Å². The molecule has 0 bridgehead atoms. The van der Waals surface area contributed by atoms with Gasteiger partial charge in [0.2, 0.25) is 5.76 Å². The van der Waals surface area contributed by atoms with Crippen molar-refractivity contribution in [3.63, 3.8) is 0 Å². The van der Waals surface area contributed by atoms with Gasteiger partial charge in [-0.1, -0.05) is 11.2 Å². The van der Waals surface area contributed by atoms with Gasteiger partial charge in [0, 0.05) is 12.6 Å². The number of aliphatic hydroxyl groups excluding tert-OH is 1. The summed E-state index contributed by atoms with van der Waals surface area (Å²) in [4.78, 5) is 13.8. The summed E-state index contributed by atoms with van der Waals surface area (Å²) in [6.45, 7) is 3.58. The predicted molar refractivity (Wildman–Crippen MR) is 57.2 cm³/mol. The predicted octanol–water partition coefficient (Wildman–Crippen LogP) is 1.44. The van der Waals surface area contributed by atoms with E-state index in [1.54, 1.807) is 0 Å². The Kier molecular flexibility index (Phi) is 3.23. The van der Waals surface area contributed by atoms with Gasteiger partial charge in [0.15, 0.2) is 12.0 Å². The Balaban J connectivity index is 2.24. The summed E-state index contributed by atoms with van der Waals surface area (Å²) in [5.74, 6) is -1.71. The molecule has 0 saturated carbocycles. The van der Waals surface area contributed by atoms with Gasteiger partial charge >= 0.3 is 12.2 Å². The van der Waals surface area contributed by atoms with E-state index < -0.39 is 24.2 Å². The lowest BCUT2D eigenvalue weighted by atomic mass is 10.4. The summed E-state index contributed by atoms with van der Waals surface area (Å²) in [7, 11) is 0. The maximum Gasteiger partial charge on any atom is 0.452 e. The van der Waals surface area contributed by atoms with E-state index >= 15 is 0 Å². The zero-order valence-electron chi connectivity index (χ0n) is 9.59. The molecule has 104 valence electrons. The van der Waals surface area contributed by atoms with Gasteiger partial charge in [-0.2, -0.15) is 13.2 Å². The molecule has 0 radical (unpaired) electrons. The minimum absolute atomic E-state index is 0.0426. The summed E-state index contributed by atoms with van der Waals surface area (Å²) >= 11 is 0. The highest BCUT2D eigenvalue weighted by Gasteiger charge is 2.41. The fourth-order valence-corrected chi connectivity index (χ4v) is 1.71. The van der Waals surface area contributed by atoms with Crippen LogP contribution in [0.4, 0.5) is 23.8 Å². The second-order valence-electron chi connectivity index (χ2n) is 3.87. The zero-order chi connectivity index (χ0) is 14.2. The number of halogens is 3. The van der Waals surface area contributed by atoms with Crippen LogP contribution in [0.1, 0.15) is 5.76 Å². The first-order valence-corrected chi connectivity index (χ1v) is 5.25. The SMILES string of the molecule is C=CCN1CC(O)N(c2cc(C(F)(F)F)on2)C1=O. The molecule has 6 nitrogen and oxygen atoms in total. The molecule has 2 rings (SSSR count). The molecular formula is C10H10F3N3O3. The van der Waals surface area contributed by atoms with Gasteiger partial charge in [-0.15, -0.1) is 6.58 Å². The number of amides is 2. The normalized spacial score (nSPS) is 20.2. The van der Waals surface area contributed by atoms with E-state index in [1.807, 2.05) is 0 Å². The molecule has 19 heavy (non-hydrogen) atoms. The average Bonchev–Trinajstić information content (AvgIpc) is 2.85. The smallest absolute Gasteiger partial charge is 0.371 e. The molecule has 1 atom stereocenters. The van der Waals surface area contributed by atoms with Crippen molar-refractivity contribution >= 4 is 11.8 Å². The molecule has 1 unspecified atom stereocenters. The van der Waals surface area contributed by atoms with E-state index in [1.165, 1.54) is 11.0 Å². The van der Waals surface area contributed by atoms with Crippen molar-refractivity contribution in [2.24, 2.45) is 0 Å². The first kappa shape index (κ1) is 13.4. The van der Waals surface area contributed by atoms with Crippen LogP contribution in [0.2, 0.25) is 0 Å². The van der Waals surface area contributed by atoms with Crippen LogP contribution in [0.15, 0.2) is 23.2 Å². The summed E-state index contributed by atoms with van der Waals surface area (Å²) in [6, 6.07) is -0.0900. The number of rotatable bonds is 3. The van der Waals surface area contributed by atoms with E-state index in [0.717, 1.165) is 4.90 Å². The number of aromatic nitrogens is 1. The molecule has 2 heterocycles. The summed E-state index contributed by atoms with van der Waals surface area (Å²) < 4.78 is 41.2. The highest BCUT2D eigenvalue weighted by atomic mass is 19.4. The third kappa shape index (κ3) is 2.41. The van der Waals surface area contributed by atoms with E-state index in [-0.39, 0.29) is 18.9 Å². The molecule has 0 spiro atoms. The van der Waals surface area contributed by atoms with Gasteiger partial charge < -0.3 is 14.5 Å². The Bertz CT molecular complexity index is 500. The largest absolute Gasteiger partial charge is 0.452 e. The number of hydrogen-bond acceptors (Lipinski definition) is 4. The maximum atomic E-state index is 12.4. The number of β-amino-alcohol motifs (C(OH)–C–C–N with tert-alkyl or cyclic N) is 1. The molecule has 1 saturated heterocycles. The molecule has 1 N–H and O–H groups in total. The molecule has 1 aromatic heterocycles. The summed E-state index contributed by atoms with van der Waals surface area (Å²) in [5, 5.41) is 12.8. The van der Waals surface area contributed by atoms with Crippen LogP contribution in [0, 0.1) is 0 Å². The monoisotopic (exact) mass is 277 g/mol. The second kappa shape index (κ2) is 4.57. The number of nitrogens with zero attached hydrogens (tertiary/aromatic N) is 3. The maximum absolute atomic E-state index is 12.4. The number of alkyl halides is 3. The lowest BCUT2D eigenvalue weighted by Crippen LogP contribution is -2.35. The average molecular weight is 277 g/mol. The lowest BCUT2D eigenvalue weighted by molar-refractivity contribution is -0.155. The second-order valence-corrected chi connectivity index (χ2v) is 3.87. The Morgan fingerprint density at radius 1 is 1.63 bits per heavy atom. The number of anilines is 1. The zero-order valence-corrected chi connectivity index (χ0v) is 9.59. The number of aliphatic hydroxyl groups is 1. The molecule has 1 aliphatic rings. The minimum Gasteiger partial charge on any atom is -0.371 e. The third-order valence-corrected chi connectivity index (χ3v) is 2.53. The molecule has 9 heteroatoms. The van der Waals surface area contributed by atoms with E-state index in [4.69, 9.17) is 0 Å². The van der Waals surface area contributed by atoms with Gasteiger partial charge in [0.1, 0.15) is 0 Å². The molecule has 0 aliphatic carbocycles. The third-order valence-electron chi connectivity index (χ3n) is 2.53. The fourth-order valence-electron chi connectivity index (χ4n) is 1.71. The van der Waals surface area contributed by atoms with Crippen molar-refractivity contribution in [3.8, 4) is 0 Å². The van der Waals surface area contributed by atoms with Crippen molar-refractivity contribution in [1.29, 1.82) is 0 Å². The Morgan fingerprint density at radius 2 is 2.32 bits per heavy atom. The Labute approximate surface area is 105 Å². The molecule has 1 aliphatic heterocycles. The molecule has 0 aromatic carbocycles.